The van der Waals surface area contributed by atoms with Crippen LogP contribution in [0.5, 0.6) is 0 Å². The van der Waals surface area contributed by atoms with E-state index in [-0.39, 0.29) is 18.9 Å². The van der Waals surface area contributed by atoms with Gasteiger partial charge in [0.1, 0.15) is 6.61 Å². The molecule has 0 fully saturated rings. The number of fused-ring (bicyclic) bond motifs is 1. The van der Waals surface area contributed by atoms with Crippen LogP contribution >= 0.6 is 23.4 Å². The Hall–Kier alpha value is -3.03. The maximum Gasteiger partial charge on any atom is 0.338 e. The fourth-order valence-electron chi connectivity index (χ4n) is 3.97. The molecule has 0 saturated carbocycles. The van der Waals surface area contributed by atoms with Crippen molar-refractivity contribution in [2.24, 2.45) is 10.9 Å². The lowest BCUT2D eigenvalue weighted by atomic mass is 9.93. The molecular formula is C27H28ClN3O3S. The van der Waals surface area contributed by atoms with Crippen LogP contribution in [0.15, 0.2) is 82.0 Å². The topological polar surface area (TPSA) is 71.0 Å². The van der Waals surface area contributed by atoms with Gasteiger partial charge in [-0.3, -0.25) is 4.79 Å². The van der Waals surface area contributed by atoms with Crippen LogP contribution in [-0.4, -0.2) is 28.5 Å². The number of benzene rings is 2. The highest BCUT2D eigenvalue weighted by molar-refractivity contribution is 8.16. The molecule has 1 unspecified atom stereocenters. The minimum absolute atomic E-state index is 0.0795. The molecule has 4 rings (SSSR count). The number of amidine groups is 1. The van der Waals surface area contributed by atoms with Gasteiger partial charge in [0.15, 0.2) is 5.17 Å². The summed E-state index contributed by atoms with van der Waals surface area (Å²) >= 11 is 8.07. The number of carbonyl (C=O) groups excluding carboxylic acids is 2. The summed E-state index contributed by atoms with van der Waals surface area (Å²) in [5.74, 6) is -0.186. The predicted octanol–water partition coefficient (Wildman–Crippen LogP) is 5.82. The normalized spacial score (nSPS) is 17.2. The van der Waals surface area contributed by atoms with Crippen molar-refractivity contribution in [3.8, 4) is 0 Å². The molecule has 182 valence electrons. The molecule has 0 aromatic heterocycles. The first kappa shape index (κ1) is 25.1. The van der Waals surface area contributed by atoms with Gasteiger partial charge in [0.2, 0.25) is 5.91 Å². The molecule has 0 aliphatic carbocycles. The zero-order valence-corrected chi connectivity index (χ0v) is 21.5. The molecular weight excluding hydrogens is 482 g/mol. The van der Waals surface area contributed by atoms with E-state index in [1.54, 1.807) is 13.0 Å². The molecule has 2 aliphatic rings. The van der Waals surface area contributed by atoms with Gasteiger partial charge in [-0.25, -0.2) is 9.79 Å². The van der Waals surface area contributed by atoms with Crippen molar-refractivity contribution in [3.63, 3.8) is 0 Å². The average molecular weight is 510 g/mol. The van der Waals surface area contributed by atoms with Gasteiger partial charge in [-0.2, -0.15) is 0 Å². The number of ether oxygens (including phenoxy) is 1. The zero-order chi connectivity index (χ0) is 24.9. The highest BCUT2D eigenvalue weighted by atomic mass is 35.5. The maximum atomic E-state index is 13.4. The van der Waals surface area contributed by atoms with Gasteiger partial charge in [0.25, 0.3) is 0 Å². The lowest BCUT2D eigenvalue weighted by molar-refractivity contribution is -0.141. The van der Waals surface area contributed by atoms with E-state index < -0.39 is 12.0 Å². The van der Waals surface area contributed by atoms with Gasteiger partial charge < -0.3 is 15.0 Å². The van der Waals surface area contributed by atoms with E-state index in [2.05, 4.69) is 19.2 Å². The molecule has 2 aromatic rings. The standard InChI is InChI=1S/C27H28ClN3O3S/c1-17(2)14-29-23(32)13-20-16-35-27-30-18(3)24(26(33)34-15-19-9-5-4-6-10-19)25(31(20)27)21-11-7-8-12-22(21)28/h4-12,16-17,25H,13-15H2,1-3H3,(H,29,32). The van der Waals surface area contributed by atoms with Gasteiger partial charge in [0.05, 0.1) is 23.7 Å². The van der Waals surface area contributed by atoms with Crippen LogP contribution in [0.2, 0.25) is 5.02 Å². The van der Waals surface area contributed by atoms with Crippen LogP contribution in [0.4, 0.5) is 0 Å². The summed E-state index contributed by atoms with van der Waals surface area (Å²) in [6.45, 7) is 6.66. The van der Waals surface area contributed by atoms with Gasteiger partial charge >= 0.3 is 5.97 Å². The van der Waals surface area contributed by atoms with E-state index in [0.717, 1.165) is 16.8 Å². The monoisotopic (exact) mass is 509 g/mol. The van der Waals surface area contributed by atoms with Gasteiger partial charge in [-0.15, -0.1) is 0 Å². The zero-order valence-electron chi connectivity index (χ0n) is 20.0. The third-order valence-corrected chi connectivity index (χ3v) is 6.92. The molecule has 2 aromatic carbocycles. The van der Waals surface area contributed by atoms with Crippen molar-refractivity contribution in [1.82, 2.24) is 10.2 Å². The number of nitrogens with zero attached hydrogens (tertiary/aromatic N) is 2. The van der Waals surface area contributed by atoms with E-state index in [4.69, 9.17) is 21.3 Å². The third-order valence-electron chi connectivity index (χ3n) is 5.68. The summed E-state index contributed by atoms with van der Waals surface area (Å²) in [6.07, 6.45) is 0.172. The fraction of sp³-hybridized carbons (Fsp3) is 0.296. The summed E-state index contributed by atoms with van der Waals surface area (Å²) in [4.78, 5) is 32.8. The molecule has 0 bridgehead atoms. The Morgan fingerprint density at radius 3 is 2.57 bits per heavy atom. The Balaban J connectivity index is 1.66. The number of rotatable bonds is 8. The highest BCUT2D eigenvalue weighted by Crippen LogP contribution is 2.46. The van der Waals surface area contributed by atoms with Gasteiger partial charge in [0, 0.05) is 17.3 Å². The summed E-state index contributed by atoms with van der Waals surface area (Å²) in [5.41, 5.74) is 3.40. The van der Waals surface area contributed by atoms with Crippen molar-refractivity contribution in [2.75, 3.05) is 6.54 Å². The summed E-state index contributed by atoms with van der Waals surface area (Å²) in [6, 6.07) is 16.4. The van der Waals surface area contributed by atoms with E-state index in [1.807, 2.05) is 58.8 Å². The average Bonchev–Trinajstić information content (AvgIpc) is 3.23. The Morgan fingerprint density at radius 2 is 1.86 bits per heavy atom. The summed E-state index contributed by atoms with van der Waals surface area (Å²) < 4.78 is 5.72. The van der Waals surface area contributed by atoms with Crippen molar-refractivity contribution in [3.05, 3.63) is 93.1 Å². The predicted molar refractivity (Wildman–Crippen MR) is 141 cm³/mol. The van der Waals surface area contributed by atoms with E-state index in [1.165, 1.54) is 11.8 Å². The number of nitrogens with one attached hydrogen (secondary N) is 1. The fourth-order valence-corrected chi connectivity index (χ4v) is 5.17. The first-order valence-electron chi connectivity index (χ1n) is 11.5. The molecule has 0 radical (unpaired) electrons. The molecule has 1 atom stereocenters. The number of hydrogen-bond donors (Lipinski definition) is 1. The third kappa shape index (κ3) is 5.80. The number of carbonyl (C=O) groups is 2. The minimum atomic E-state index is -0.557. The minimum Gasteiger partial charge on any atom is -0.457 e. The first-order valence-corrected chi connectivity index (χ1v) is 12.8. The number of aliphatic imine (C=N–C) groups is 1. The van der Waals surface area contributed by atoms with Crippen molar-refractivity contribution < 1.29 is 14.3 Å². The Bertz CT molecular complexity index is 1210. The number of thioether (sulfide) groups is 1. The van der Waals surface area contributed by atoms with Crippen LogP contribution in [0.3, 0.4) is 0 Å². The van der Waals surface area contributed by atoms with Crippen LogP contribution in [0.1, 0.15) is 44.4 Å². The molecule has 1 N–H and O–H groups in total. The molecule has 0 saturated heterocycles. The van der Waals surface area contributed by atoms with Crippen LogP contribution in [0, 0.1) is 5.92 Å². The number of halogens is 1. The molecule has 2 heterocycles. The molecule has 35 heavy (non-hydrogen) atoms. The van der Waals surface area contributed by atoms with E-state index in [0.29, 0.717) is 33.9 Å². The second kappa shape index (κ2) is 11.1. The van der Waals surface area contributed by atoms with Crippen molar-refractivity contribution >= 4 is 40.4 Å². The molecule has 2 aliphatic heterocycles. The quantitative estimate of drug-likeness (QED) is 0.454. The van der Waals surface area contributed by atoms with Crippen LogP contribution in [0.25, 0.3) is 0 Å². The summed E-state index contributed by atoms with van der Waals surface area (Å²) in [7, 11) is 0. The van der Waals surface area contributed by atoms with Crippen LogP contribution in [-0.2, 0) is 20.9 Å². The molecule has 6 nitrogen and oxygen atoms in total. The Labute approximate surface area is 215 Å². The van der Waals surface area contributed by atoms with E-state index in [9.17, 15) is 9.59 Å². The largest absolute Gasteiger partial charge is 0.457 e. The number of hydrogen-bond acceptors (Lipinski definition) is 6. The van der Waals surface area contributed by atoms with Gasteiger partial charge in [-0.1, -0.05) is 85.7 Å². The van der Waals surface area contributed by atoms with E-state index >= 15 is 0 Å². The van der Waals surface area contributed by atoms with Crippen molar-refractivity contribution in [2.45, 2.75) is 39.8 Å². The Kier molecular flexibility index (Phi) is 7.98. The first-order chi connectivity index (χ1) is 16.8. The maximum absolute atomic E-state index is 13.4. The second-order valence-electron chi connectivity index (χ2n) is 8.85. The Morgan fingerprint density at radius 1 is 1.14 bits per heavy atom. The lowest BCUT2D eigenvalue weighted by Crippen LogP contribution is -2.38. The SMILES string of the molecule is CC1=C(C(=O)OCc2ccccc2)C(c2ccccc2Cl)N2C(CC(=O)NCC(C)C)=CSC2=N1. The molecule has 0 spiro atoms. The summed E-state index contributed by atoms with van der Waals surface area (Å²) in [5, 5.41) is 6.12. The second-order valence-corrected chi connectivity index (χ2v) is 10.1. The molecule has 8 heteroatoms. The van der Waals surface area contributed by atoms with Crippen molar-refractivity contribution in [1.29, 1.82) is 0 Å². The van der Waals surface area contributed by atoms with Crippen LogP contribution < -0.4 is 5.32 Å². The highest BCUT2D eigenvalue weighted by Gasteiger charge is 2.41. The number of amides is 1. The lowest BCUT2D eigenvalue weighted by Gasteiger charge is -2.36. The van der Waals surface area contributed by atoms with Gasteiger partial charge in [-0.05, 0) is 35.4 Å². The number of allylic oxidation sites excluding steroid dienone is 1. The molecule has 1 amide bonds. The smallest absolute Gasteiger partial charge is 0.338 e. The number of esters is 1.